The Morgan fingerprint density at radius 1 is 1.07 bits per heavy atom. The van der Waals surface area contributed by atoms with Crippen molar-refractivity contribution in [3.8, 4) is 16.9 Å². The molecule has 1 atom stereocenters. The number of hydrogen-bond acceptors (Lipinski definition) is 4. The molecule has 0 aliphatic rings. The molecule has 0 spiro atoms. The maximum absolute atomic E-state index is 9.43. The van der Waals surface area contributed by atoms with E-state index in [0.29, 0.717) is 0 Å². The summed E-state index contributed by atoms with van der Waals surface area (Å²) in [5.74, 6) is 0. The van der Waals surface area contributed by atoms with E-state index < -0.39 is 0 Å². The molecule has 5 heteroatoms. The van der Waals surface area contributed by atoms with Gasteiger partial charge in [0, 0.05) is 17.0 Å². The van der Waals surface area contributed by atoms with Crippen molar-refractivity contribution in [2.75, 3.05) is 0 Å². The Morgan fingerprint density at radius 2 is 1.93 bits per heavy atom. The first kappa shape index (κ1) is 18.3. The lowest BCUT2D eigenvalue weighted by atomic mass is 10.1. The zero-order valence-corrected chi connectivity index (χ0v) is 15.9. The van der Waals surface area contributed by atoms with Crippen molar-refractivity contribution in [1.29, 1.82) is 0 Å². The molecule has 0 aliphatic heterocycles. The van der Waals surface area contributed by atoms with E-state index in [1.165, 1.54) is 0 Å². The van der Waals surface area contributed by atoms with Gasteiger partial charge in [-0.1, -0.05) is 43.7 Å². The number of aromatic nitrogens is 3. The van der Waals surface area contributed by atoms with Gasteiger partial charge in [0.2, 0.25) is 0 Å². The van der Waals surface area contributed by atoms with E-state index in [2.05, 4.69) is 30.2 Å². The van der Waals surface area contributed by atoms with Crippen LogP contribution in [0.25, 0.3) is 27.8 Å². The third kappa shape index (κ3) is 3.54. The Balaban J connectivity index is 1.77. The SMILES string of the molecule is CCCC(N)c1cccc(-c2ccc3cnn(-c4cccc(CO)c4)c3c2)n1. The van der Waals surface area contributed by atoms with Crippen LogP contribution in [-0.2, 0) is 6.61 Å². The third-order valence-corrected chi connectivity index (χ3v) is 4.95. The first-order valence-electron chi connectivity index (χ1n) is 9.60. The molecule has 3 N–H and O–H groups in total. The number of fused-ring (bicyclic) bond motifs is 1. The molecule has 0 bridgehead atoms. The number of rotatable bonds is 6. The standard InChI is InChI=1S/C23H24N4O/c1-2-5-20(24)22-9-4-8-21(26-22)17-10-11-18-14-25-27(23(18)13-17)19-7-3-6-16(12-19)15-28/h3-4,6-14,20,28H,2,5,15,24H2,1H3. The van der Waals surface area contributed by atoms with E-state index in [-0.39, 0.29) is 12.6 Å². The Kier molecular flexibility index (Phi) is 5.19. The van der Waals surface area contributed by atoms with Crippen LogP contribution in [0.3, 0.4) is 0 Å². The van der Waals surface area contributed by atoms with Gasteiger partial charge in [-0.05, 0) is 42.3 Å². The summed E-state index contributed by atoms with van der Waals surface area (Å²) >= 11 is 0. The van der Waals surface area contributed by atoms with Crippen molar-refractivity contribution < 1.29 is 5.11 Å². The molecular formula is C23H24N4O. The average Bonchev–Trinajstić information content (AvgIpc) is 3.17. The van der Waals surface area contributed by atoms with Crippen LogP contribution in [0.5, 0.6) is 0 Å². The molecule has 28 heavy (non-hydrogen) atoms. The van der Waals surface area contributed by atoms with Crippen LogP contribution in [0.2, 0.25) is 0 Å². The van der Waals surface area contributed by atoms with Crippen molar-refractivity contribution in [1.82, 2.24) is 14.8 Å². The normalized spacial score (nSPS) is 12.4. The van der Waals surface area contributed by atoms with E-state index in [1.807, 2.05) is 53.3 Å². The average molecular weight is 372 g/mol. The molecule has 0 aliphatic carbocycles. The molecule has 5 nitrogen and oxygen atoms in total. The largest absolute Gasteiger partial charge is 0.392 e. The number of nitrogens with two attached hydrogens (primary N) is 1. The van der Waals surface area contributed by atoms with Crippen molar-refractivity contribution >= 4 is 10.9 Å². The lowest BCUT2D eigenvalue weighted by molar-refractivity contribution is 0.282. The molecule has 0 saturated carbocycles. The van der Waals surface area contributed by atoms with Gasteiger partial charge in [0.15, 0.2) is 0 Å². The fourth-order valence-electron chi connectivity index (χ4n) is 3.45. The summed E-state index contributed by atoms with van der Waals surface area (Å²) in [4.78, 5) is 4.79. The van der Waals surface area contributed by atoms with Crippen molar-refractivity contribution in [2.24, 2.45) is 5.73 Å². The van der Waals surface area contributed by atoms with Crippen LogP contribution >= 0.6 is 0 Å². The number of benzene rings is 2. The lowest BCUT2D eigenvalue weighted by Gasteiger charge is -2.11. The highest BCUT2D eigenvalue weighted by atomic mass is 16.3. The van der Waals surface area contributed by atoms with Crippen LogP contribution in [0.1, 0.15) is 37.1 Å². The molecule has 2 aromatic heterocycles. The minimum atomic E-state index is -0.0413. The maximum Gasteiger partial charge on any atom is 0.0747 e. The van der Waals surface area contributed by atoms with Crippen LogP contribution in [0.4, 0.5) is 0 Å². The summed E-state index contributed by atoms with van der Waals surface area (Å²) in [6, 6.07) is 20.0. The Labute approximate surface area is 164 Å². The molecule has 4 rings (SSSR count). The van der Waals surface area contributed by atoms with Gasteiger partial charge in [-0.25, -0.2) is 4.68 Å². The predicted molar refractivity (Wildman–Crippen MR) is 112 cm³/mol. The van der Waals surface area contributed by atoms with Gasteiger partial charge in [0.1, 0.15) is 0 Å². The zero-order valence-electron chi connectivity index (χ0n) is 15.9. The summed E-state index contributed by atoms with van der Waals surface area (Å²) in [5.41, 5.74) is 11.9. The second kappa shape index (κ2) is 7.92. The Bertz CT molecular complexity index is 1100. The second-order valence-corrected chi connectivity index (χ2v) is 7.00. The smallest absolute Gasteiger partial charge is 0.0747 e. The Morgan fingerprint density at radius 3 is 2.75 bits per heavy atom. The molecule has 0 fully saturated rings. The van der Waals surface area contributed by atoms with Crippen LogP contribution in [0, 0.1) is 0 Å². The first-order chi connectivity index (χ1) is 13.7. The summed E-state index contributed by atoms with van der Waals surface area (Å²) in [6.45, 7) is 2.14. The van der Waals surface area contributed by atoms with Crippen LogP contribution < -0.4 is 5.73 Å². The van der Waals surface area contributed by atoms with Crippen molar-refractivity contribution in [3.63, 3.8) is 0 Å². The quantitative estimate of drug-likeness (QED) is 0.526. The van der Waals surface area contributed by atoms with Gasteiger partial charge in [0.05, 0.1) is 35.4 Å². The highest BCUT2D eigenvalue weighted by Crippen LogP contribution is 2.26. The topological polar surface area (TPSA) is 77.0 Å². The molecule has 142 valence electrons. The first-order valence-corrected chi connectivity index (χ1v) is 9.60. The number of aliphatic hydroxyl groups excluding tert-OH is 1. The highest BCUT2D eigenvalue weighted by Gasteiger charge is 2.11. The summed E-state index contributed by atoms with van der Waals surface area (Å²) < 4.78 is 1.89. The van der Waals surface area contributed by atoms with Gasteiger partial charge >= 0.3 is 0 Å². The second-order valence-electron chi connectivity index (χ2n) is 7.00. The Hall–Kier alpha value is -3.02. The van der Waals surface area contributed by atoms with Gasteiger partial charge in [-0.15, -0.1) is 0 Å². The van der Waals surface area contributed by atoms with Gasteiger partial charge in [0.25, 0.3) is 0 Å². The molecule has 4 aromatic rings. The molecule has 2 heterocycles. The molecule has 2 aromatic carbocycles. The van der Waals surface area contributed by atoms with Crippen molar-refractivity contribution in [2.45, 2.75) is 32.4 Å². The van der Waals surface area contributed by atoms with E-state index in [0.717, 1.165) is 51.9 Å². The molecule has 0 amide bonds. The van der Waals surface area contributed by atoms with Gasteiger partial charge in [-0.3, -0.25) is 4.98 Å². The van der Waals surface area contributed by atoms with Gasteiger partial charge < -0.3 is 10.8 Å². The number of aliphatic hydroxyl groups is 1. The number of pyridine rings is 1. The molecular weight excluding hydrogens is 348 g/mol. The summed E-state index contributed by atoms with van der Waals surface area (Å²) in [7, 11) is 0. The minimum absolute atomic E-state index is 0.00696. The number of nitrogens with zero attached hydrogens (tertiary/aromatic N) is 3. The minimum Gasteiger partial charge on any atom is -0.392 e. The van der Waals surface area contributed by atoms with Crippen LogP contribution in [-0.4, -0.2) is 19.9 Å². The van der Waals surface area contributed by atoms with Crippen molar-refractivity contribution in [3.05, 3.63) is 78.1 Å². The lowest BCUT2D eigenvalue weighted by Crippen LogP contribution is -2.11. The molecule has 0 saturated heterocycles. The fraction of sp³-hybridized carbons (Fsp3) is 0.217. The van der Waals surface area contributed by atoms with E-state index in [1.54, 1.807) is 0 Å². The zero-order chi connectivity index (χ0) is 19.5. The number of hydrogen-bond donors (Lipinski definition) is 2. The molecule has 0 radical (unpaired) electrons. The summed E-state index contributed by atoms with van der Waals surface area (Å²) in [5, 5.41) is 15.0. The molecule has 1 unspecified atom stereocenters. The fourth-order valence-corrected chi connectivity index (χ4v) is 3.45. The van der Waals surface area contributed by atoms with Crippen LogP contribution in [0.15, 0.2) is 66.9 Å². The van der Waals surface area contributed by atoms with Gasteiger partial charge in [-0.2, -0.15) is 5.10 Å². The van der Waals surface area contributed by atoms with E-state index in [9.17, 15) is 5.11 Å². The van der Waals surface area contributed by atoms with E-state index >= 15 is 0 Å². The van der Waals surface area contributed by atoms with E-state index in [4.69, 9.17) is 10.7 Å². The predicted octanol–water partition coefficient (Wildman–Crippen LogP) is 4.38. The summed E-state index contributed by atoms with van der Waals surface area (Å²) in [6.07, 6.45) is 3.81. The highest BCUT2D eigenvalue weighted by molar-refractivity contribution is 5.85. The maximum atomic E-state index is 9.43. The monoisotopic (exact) mass is 372 g/mol. The third-order valence-electron chi connectivity index (χ3n) is 4.95.